The molecular formula is C24H28N4. The second kappa shape index (κ2) is 6.93. The molecule has 4 rings (SSSR count). The van der Waals surface area contributed by atoms with Gasteiger partial charge in [-0.2, -0.15) is 10.2 Å². The summed E-state index contributed by atoms with van der Waals surface area (Å²) >= 11 is 0. The predicted octanol–water partition coefficient (Wildman–Crippen LogP) is 5.99. The van der Waals surface area contributed by atoms with Gasteiger partial charge < -0.3 is 0 Å². The second-order valence-corrected chi connectivity index (χ2v) is 9.00. The summed E-state index contributed by atoms with van der Waals surface area (Å²) in [6, 6.07) is 15.5. The van der Waals surface area contributed by atoms with Crippen molar-refractivity contribution < 1.29 is 0 Å². The van der Waals surface area contributed by atoms with Crippen LogP contribution >= 0.6 is 0 Å². The van der Waals surface area contributed by atoms with E-state index in [1.54, 1.807) is 0 Å². The Balaban J connectivity index is 1.49. The Labute approximate surface area is 166 Å². The first-order valence-electron chi connectivity index (χ1n) is 9.88. The van der Waals surface area contributed by atoms with E-state index in [-0.39, 0.29) is 10.8 Å². The average Bonchev–Trinajstić information content (AvgIpc) is 3.38. The second-order valence-electron chi connectivity index (χ2n) is 9.00. The molecule has 0 unspecified atom stereocenters. The molecule has 2 aromatic carbocycles. The third-order valence-corrected chi connectivity index (χ3v) is 6.09. The van der Waals surface area contributed by atoms with Crippen LogP contribution in [0, 0.1) is 0 Å². The van der Waals surface area contributed by atoms with Crippen LogP contribution in [-0.4, -0.2) is 20.4 Å². The number of nitrogens with zero attached hydrogens (tertiary/aromatic N) is 2. The zero-order chi connectivity index (χ0) is 19.8. The number of H-pyrrole nitrogens is 2. The summed E-state index contributed by atoms with van der Waals surface area (Å²) < 4.78 is 0. The molecule has 0 radical (unpaired) electrons. The van der Waals surface area contributed by atoms with Crippen LogP contribution in [0.25, 0.3) is 22.0 Å². The van der Waals surface area contributed by atoms with Crippen molar-refractivity contribution in [3.05, 3.63) is 72.2 Å². The minimum atomic E-state index is 0.111. The topological polar surface area (TPSA) is 57.4 Å². The van der Waals surface area contributed by atoms with Crippen LogP contribution in [0.15, 0.2) is 61.1 Å². The fourth-order valence-electron chi connectivity index (χ4n) is 3.80. The van der Waals surface area contributed by atoms with Crippen LogP contribution in [0.5, 0.6) is 0 Å². The molecule has 0 saturated carbocycles. The number of rotatable bonds is 6. The fourth-order valence-corrected chi connectivity index (χ4v) is 3.80. The van der Waals surface area contributed by atoms with Crippen LogP contribution < -0.4 is 0 Å². The standard InChI is InChI=1S/C24H28N4/c1-23(2,20-7-5-17(6-8-20)19-15-25-26-16-19)11-12-24(3,4)21-9-10-22-18(13-21)14-27-28-22/h5-10,13-16H,11-12H2,1-4H3,(H,25,26)(H,27,28). The van der Waals surface area contributed by atoms with E-state index in [1.807, 2.05) is 18.6 Å². The van der Waals surface area contributed by atoms with Gasteiger partial charge in [0, 0.05) is 17.1 Å². The van der Waals surface area contributed by atoms with E-state index in [1.165, 1.54) is 22.1 Å². The summed E-state index contributed by atoms with van der Waals surface area (Å²) in [7, 11) is 0. The SMILES string of the molecule is CC(C)(CCC(C)(C)c1ccc2[nH]ncc2c1)c1ccc(-c2cn[nH]c2)cc1. The quantitative estimate of drug-likeness (QED) is 0.437. The first kappa shape index (κ1) is 18.5. The third kappa shape index (κ3) is 3.59. The maximum absolute atomic E-state index is 4.14. The highest BCUT2D eigenvalue weighted by Gasteiger charge is 2.27. The van der Waals surface area contributed by atoms with Crippen LogP contribution in [0.3, 0.4) is 0 Å². The summed E-state index contributed by atoms with van der Waals surface area (Å²) in [5.41, 5.74) is 6.39. The van der Waals surface area contributed by atoms with Crippen LogP contribution in [-0.2, 0) is 10.8 Å². The fraction of sp³-hybridized carbons (Fsp3) is 0.333. The number of aromatic nitrogens is 4. The van der Waals surface area contributed by atoms with Gasteiger partial charge in [-0.05, 0) is 52.5 Å². The van der Waals surface area contributed by atoms with Gasteiger partial charge in [-0.15, -0.1) is 0 Å². The molecule has 4 nitrogen and oxygen atoms in total. The maximum atomic E-state index is 4.14. The Morgan fingerprint density at radius 2 is 1.43 bits per heavy atom. The van der Waals surface area contributed by atoms with Crippen molar-refractivity contribution in [3.63, 3.8) is 0 Å². The van der Waals surface area contributed by atoms with Gasteiger partial charge in [0.15, 0.2) is 0 Å². The molecule has 0 bridgehead atoms. The number of nitrogens with one attached hydrogen (secondary N) is 2. The molecule has 0 aliphatic rings. The first-order chi connectivity index (χ1) is 13.4. The molecule has 0 aliphatic carbocycles. The summed E-state index contributed by atoms with van der Waals surface area (Å²) in [6.45, 7) is 9.36. The number of fused-ring (bicyclic) bond motifs is 1. The van der Waals surface area contributed by atoms with E-state index in [9.17, 15) is 0 Å². The van der Waals surface area contributed by atoms with E-state index in [2.05, 4.69) is 90.6 Å². The molecule has 28 heavy (non-hydrogen) atoms. The molecule has 144 valence electrons. The normalized spacial score (nSPS) is 12.6. The van der Waals surface area contributed by atoms with Gasteiger partial charge in [0.25, 0.3) is 0 Å². The monoisotopic (exact) mass is 372 g/mol. The molecule has 2 aromatic heterocycles. The zero-order valence-electron chi connectivity index (χ0n) is 17.1. The van der Waals surface area contributed by atoms with Gasteiger partial charge in [0.1, 0.15) is 0 Å². The molecule has 0 spiro atoms. The lowest BCUT2D eigenvalue weighted by molar-refractivity contribution is 0.375. The minimum Gasteiger partial charge on any atom is -0.285 e. The Kier molecular flexibility index (Phi) is 4.58. The summed E-state index contributed by atoms with van der Waals surface area (Å²) in [5, 5.41) is 15.3. The van der Waals surface area contributed by atoms with Gasteiger partial charge in [0.05, 0.1) is 17.9 Å². The molecule has 0 atom stereocenters. The van der Waals surface area contributed by atoms with Gasteiger partial charge in [-0.1, -0.05) is 58.0 Å². The predicted molar refractivity (Wildman–Crippen MR) is 115 cm³/mol. The minimum absolute atomic E-state index is 0.111. The van der Waals surface area contributed by atoms with Gasteiger partial charge in [-0.25, -0.2) is 0 Å². The van der Waals surface area contributed by atoms with Gasteiger partial charge >= 0.3 is 0 Å². The smallest absolute Gasteiger partial charge is 0.0650 e. The van der Waals surface area contributed by atoms with Crippen LogP contribution in [0.4, 0.5) is 0 Å². The highest BCUT2D eigenvalue weighted by Crippen LogP contribution is 2.37. The molecule has 0 aliphatic heterocycles. The highest BCUT2D eigenvalue weighted by atomic mass is 15.1. The molecule has 4 heteroatoms. The number of hydrogen-bond donors (Lipinski definition) is 2. The molecule has 0 fully saturated rings. The highest BCUT2D eigenvalue weighted by molar-refractivity contribution is 5.78. The van der Waals surface area contributed by atoms with E-state index in [0.29, 0.717) is 0 Å². The molecule has 0 saturated heterocycles. The van der Waals surface area contributed by atoms with Crippen molar-refractivity contribution in [2.24, 2.45) is 0 Å². The lowest BCUT2D eigenvalue weighted by Crippen LogP contribution is -2.24. The lowest BCUT2D eigenvalue weighted by Gasteiger charge is -2.32. The zero-order valence-corrected chi connectivity index (χ0v) is 17.1. The van der Waals surface area contributed by atoms with Gasteiger partial charge in [-0.3, -0.25) is 10.2 Å². The largest absolute Gasteiger partial charge is 0.285 e. The summed E-state index contributed by atoms with van der Waals surface area (Å²) in [6.07, 6.45) is 7.93. The first-order valence-corrected chi connectivity index (χ1v) is 9.88. The summed E-state index contributed by atoms with van der Waals surface area (Å²) in [5.74, 6) is 0. The Morgan fingerprint density at radius 1 is 0.750 bits per heavy atom. The summed E-state index contributed by atoms with van der Waals surface area (Å²) in [4.78, 5) is 0. The third-order valence-electron chi connectivity index (χ3n) is 6.09. The number of aromatic amines is 2. The van der Waals surface area contributed by atoms with E-state index >= 15 is 0 Å². The van der Waals surface area contributed by atoms with E-state index in [0.717, 1.165) is 23.9 Å². The van der Waals surface area contributed by atoms with Crippen molar-refractivity contribution >= 4 is 10.9 Å². The van der Waals surface area contributed by atoms with Crippen LogP contribution in [0.2, 0.25) is 0 Å². The maximum Gasteiger partial charge on any atom is 0.0650 e. The number of hydrogen-bond acceptors (Lipinski definition) is 2. The lowest BCUT2D eigenvalue weighted by atomic mass is 9.72. The Morgan fingerprint density at radius 3 is 2.11 bits per heavy atom. The van der Waals surface area contributed by atoms with E-state index < -0.39 is 0 Å². The van der Waals surface area contributed by atoms with Crippen LogP contribution in [0.1, 0.15) is 51.7 Å². The van der Waals surface area contributed by atoms with Crippen molar-refractivity contribution in [2.45, 2.75) is 51.4 Å². The molecule has 0 amide bonds. The number of benzene rings is 2. The van der Waals surface area contributed by atoms with E-state index in [4.69, 9.17) is 0 Å². The van der Waals surface area contributed by atoms with Gasteiger partial charge in [0.2, 0.25) is 0 Å². The van der Waals surface area contributed by atoms with Crippen molar-refractivity contribution in [1.82, 2.24) is 20.4 Å². The van der Waals surface area contributed by atoms with Crippen molar-refractivity contribution in [3.8, 4) is 11.1 Å². The molecule has 4 aromatic rings. The molecule has 2 heterocycles. The van der Waals surface area contributed by atoms with Crippen molar-refractivity contribution in [1.29, 1.82) is 0 Å². The Hall–Kier alpha value is -2.88. The molecular weight excluding hydrogens is 344 g/mol. The average molecular weight is 373 g/mol. The molecule has 2 N–H and O–H groups in total. The Bertz CT molecular complexity index is 1050. The van der Waals surface area contributed by atoms with Crippen molar-refractivity contribution in [2.75, 3.05) is 0 Å².